The Balaban J connectivity index is 1.13. The molecule has 0 fully saturated rings. The Kier molecular flexibility index (Phi) is 6.72. The lowest BCUT2D eigenvalue weighted by atomic mass is 9.34. The third-order valence-electron chi connectivity index (χ3n) is 11.3. The van der Waals surface area contributed by atoms with Gasteiger partial charge in [0.15, 0.2) is 0 Å². The summed E-state index contributed by atoms with van der Waals surface area (Å²) in [4.78, 5) is 4.72. The summed E-state index contributed by atoms with van der Waals surface area (Å²) in [5, 5.41) is 0. The van der Waals surface area contributed by atoms with Gasteiger partial charge in [0.25, 0.3) is 6.71 Å². The predicted molar refractivity (Wildman–Crippen MR) is 215 cm³/mol. The average molecular weight is 673 g/mol. The van der Waals surface area contributed by atoms with Crippen LogP contribution in [0.4, 0.5) is 34.1 Å². The van der Waals surface area contributed by atoms with Gasteiger partial charge in [-0.25, -0.2) is 0 Å². The van der Waals surface area contributed by atoms with Crippen LogP contribution in [-0.4, -0.2) is 6.71 Å². The summed E-state index contributed by atoms with van der Waals surface area (Å²) in [7, 11) is 0. The molecule has 0 saturated carbocycles. The minimum atomic E-state index is -0.239. The summed E-state index contributed by atoms with van der Waals surface area (Å²) in [6, 6.07) is 54.3. The van der Waals surface area contributed by atoms with Gasteiger partial charge in [0.2, 0.25) is 0 Å². The first-order valence-corrected chi connectivity index (χ1v) is 18.0. The van der Waals surface area contributed by atoms with Crippen molar-refractivity contribution in [1.29, 1.82) is 0 Å². The number of hydrogen-bond donors (Lipinski definition) is 0. The Hall–Kier alpha value is -6.20. The number of hydrogen-bond acceptors (Lipinski definition) is 4. The Morgan fingerprint density at radius 2 is 1.15 bits per heavy atom. The maximum Gasteiger partial charge on any atom is 0.256 e. The lowest BCUT2D eigenvalue weighted by Crippen LogP contribution is -2.59. The summed E-state index contributed by atoms with van der Waals surface area (Å²) in [5.41, 5.74) is 14.9. The monoisotopic (exact) mass is 672 g/mol. The third-order valence-corrected chi connectivity index (χ3v) is 11.3. The fourth-order valence-electron chi connectivity index (χ4n) is 8.49. The minimum absolute atomic E-state index is 0.0389. The maximum atomic E-state index is 6.92. The zero-order valence-corrected chi connectivity index (χ0v) is 29.7. The highest BCUT2D eigenvalue weighted by Gasteiger charge is 2.42. The molecule has 0 atom stereocenters. The molecule has 0 radical (unpaired) electrons. The van der Waals surface area contributed by atoms with Crippen molar-refractivity contribution in [1.82, 2.24) is 0 Å². The van der Waals surface area contributed by atoms with E-state index in [1.165, 1.54) is 38.8 Å². The van der Waals surface area contributed by atoms with Gasteiger partial charge in [-0.15, -0.1) is 0 Å². The van der Waals surface area contributed by atoms with Crippen LogP contribution in [0.5, 0.6) is 23.0 Å². The molecule has 250 valence electrons. The van der Waals surface area contributed by atoms with E-state index < -0.39 is 0 Å². The highest BCUT2D eigenvalue weighted by molar-refractivity contribution is 6.99. The fraction of sp³-hybridized carbons (Fsp3) is 0.106. The highest BCUT2D eigenvalue weighted by Crippen LogP contribution is 2.50. The number of fused-ring (bicyclic) bond motifs is 6. The first-order valence-electron chi connectivity index (χ1n) is 18.0. The van der Waals surface area contributed by atoms with E-state index in [4.69, 9.17) is 9.47 Å². The van der Waals surface area contributed by atoms with Gasteiger partial charge < -0.3 is 19.3 Å². The molecule has 0 saturated heterocycles. The molecule has 0 amide bonds. The summed E-state index contributed by atoms with van der Waals surface area (Å²) >= 11 is 0. The van der Waals surface area contributed by atoms with E-state index in [1.54, 1.807) is 0 Å². The number of benzene rings is 7. The third kappa shape index (κ3) is 4.55. The van der Waals surface area contributed by atoms with Gasteiger partial charge in [0.05, 0.1) is 0 Å². The quantitative estimate of drug-likeness (QED) is 0.174. The molecule has 3 heterocycles. The van der Waals surface area contributed by atoms with Crippen molar-refractivity contribution in [3.63, 3.8) is 0 Å². The molecule has 4 nitrogen and oxygen atoms in total. The van der Waals surface area contributed by atoms with Crippen LogP contribution >= 0.6 is 0 Å². The standard InChI is InChI=1S/C47H37BN2O2/c1-30-21-22-33(27-31(30)2)49(34-24-26-43-37(28-34)47(3,4)36-15-8-11-19-42(36)51-43)35-23-25-39-45(29-35)52-44-20-12-18-41-46(44)48(39)38-16-9-10-17-40(38)50(41)32-13-6-5-7-14-32/h5-29H,1-4H3. The Morgan fingerprint density at radius 3 is 2.02 bits per heavy atom. The Bertz CT molecular complexity index is 2560. The Morgan fingerprint density at radius 1 is 0.500 bits per heavy atom. The molecule has 0 spiro atoms. The number of aryl methyl sites for hydroxylation is 2. The summed E-state index contributed by atoms with van der Waals surface area (Å²) in [6.07, 6.45) is 0. The van der Waals surface area contributed by atoms with E-state index in [-0.39, 0.29) is 12.1 Å². The van der Waals surface area contributed by atoms with Crippen LogP contribution in [0.25, 0.3) is 0 Å². The second-order valence-electron chi connectivity index (χ2n) is 14.7. The second-order valence-corrected chi connectivity index (χ2v) is 14.7. The van der Waals surface area contributed by atoms with Gasteiger partial charge in [0.1, 0.15) is 23.0 Å². The largest absolute Gasteiger partial charge is 0.458 e. The van der Waals surface area contributed by atoms with Gasteiger partial charge in [0, 0.05) is 56.7 Å². The molecule has 3 aliphatic rings. The van der Waals surface area contributed by atoms with E-state index in [2.05, 4.69) is 183 Å². The van der Waals surface area contributed by atoms with Crippen LogP contribution in [0.1, 0.15) is 36.1 Å². The zero-order chi connectivity index (χ0) is 35.1. The van der Waals surface area contributed by atoms with Gasteiger partial charge in [-0.2, -0.15) is 0 Å². The van der Waals surface area contributed by atoms with Gasteiger partial charge in [-0.3, -0.25) is 0 Å². The van der Waals surface area contributed by atoms with Gasteiger partial charge in [-0.05, 0) is 114 Å². The summed E-state index contributed by atoms with van der Waals surface area (Å²) in [6.45, 7) is 8.96. The van der Waals surface area contributed by atoms with Gasteiger partial charge in [-0.1, -0.05) is 86.6 Å². The zero-order valence-electron chi connectivity index (χ0n) is 29.7. The van der Waals surface area contributed by atoms with Crippen LogP contribution in [0.2, 0.25) is 0 Å². The van der Waals surface area contributed by atoms with Crippen LogP contribution in [0, 0.1) is 13.8 Å². The molecule has 0 aliphatic carbocycles. The molecule has 5 heteroatoms. The Labute approximate surface area is 305 Å². The molecular formula is C47H37BN2O2. The van der Waals surface area contributed by atoms with E-state index in [0.717, 1.165) is 57.0 Å². The number of rotatable bonds is 4. The van der Waals surface area contributed by atoms with Crippen molar-refractivity contribution in [3.8, 4) is 23.0 Å². The number of para-hydroxylation sites is 3. The van der Waals surface area contributed by atoms with E-state index in [9.17, 15) is 0 Å². The van der Waals surface area contributed by atoms with E-state index in [0.29, 0.717) is 0 Å². The maximum absolute atomic E-state index is 6.92. The van der Waals surface area contributed by atoms with Crippen LogP contribution in [0.15, 0.2) is 152 Å². The lowest BCUT2D eigenvalue weighted by molar-refractivity contribution is 0.418. The van der Waals surface area contributed by atoms with Crippen molar-refractivity contribution in [3.05, 3.63) is 174 Å². The highest BCUT2D eigenvalue weighted by atomic mass is 16.5. The van der Waals surface area contributed by atoms with E-state index >= 15 is 0 Å². The molecule has 0 aromatic heterocycles. The molecule has 7 aromatic carbocycles. The number of anilines is 6. The fourth-order valence-corrected chi connectivity index (χ4v) is 8.49. The van der Waals surface area contributed by atoms with Crippen LogP contribution < -0.4 is 35.7 Å². The molecular weight excluding hydrogens is 635 g/mol. The summed E-state index contributed by atoms with van der Waals surface area (Å²) < 4.78 is 13.4. The SMILES string of the molecule is Cc1ccc(N(c2ccc3c(c2)Oc2cccc4c2B3c2ccccc2N4c2ccccc2)c2ccc3c(c2)C(C)(C)c2ccccc2O3)cc1C. The van der Waals surface area contributed by atoms with Crippen LogP contribution in [-0.2, 0) is 5.41 Å². The van der Waals surface area contributed by atoms with Crippen molar-refractivity contribution < 1.29 is 9.47 Å². The molecule has 7 aromatic rings. The molecule has 3 aliphatic heterocycles. The number of ether oxygens (including phenoxy) is 2. The second kappa shape index (κ2) is 11.4. The average Bonchev–Trinajstić information content (AvgIpc) is 3.17. The summed E-state index contributed by atoms with van der Waals surface area (Å²) in [5.74, 6) is 3.59. The molecule has 10 rings (SSSR count). The van der Waals surface area contributed by atoms with E-state index in [1.807, 2.05) is 6.07 Å². The first kappa shape index (κ1) is 30.6. The van der Waals surface area contributed by atoms with Crippen molar-refractivity contribution in [2.45, 2.75) is 33.1 Å². The minimum Gasteiger partial charge on any atom is -0.458 e. The predicted octanol–water partition coefficient (Wildman–Crippen LogP) is 10.6. The van der Waals surface area contributed by atoms with Crippen molar-refractivity contribution in [2.24, 2.45) is 0 Å². The van der Waals surface area contributed by atoms with Gasteiger partial charge >= 0.3 is 0 Å². The lowest BCUT2D eigenvalue weighted by Gasteiger charge is -2.40. The molecule has 52 heavy (non-hydrogen) atoms. The smallest absolute Gasteiger partial charge is 0.256 e. The topological polar surface area (TPSA) is 24.9 Å². The molecule has 0 bridgehead atoms. The molecule has 0 N–H and O–H groups in total. The number of nitrogens with zero attached hydrogens (tertiary/aromatic N) is 2. The molecule has 0 unspecified atom stereocenters. The first-order chi connectivity index (χ1) is 25.4. The normalized spacial score (nSPS) is 14.2. The van der Waals surface area contributed by atoms with Crippen molar-refractivity contribution >= 4 is 57.2 Å². The van der Waals surface area contributed by atoms with Crippen LogP contribution in [0.3, 0.4) is 0 Å². The van der Waals surface area contributed by atoms with Crippen molar-refractivity contribution in [2.75, 3.05) is 9.80 Å².